The van der Waals surface area contributed by atoms with E-state index in [0.29, 0.717) is 31.8 Å². The lowest BCUT2D eigenvalue weighted by atomic mass is 9.90. The van der Waals surface area contributed by atoms with Crippen molar-refractivity contribution in [3.63, 3.8) is 0 Å². The van der Waals surface area contributed by atoms with Gasteiger partial charge in [0.15, 0.2) is 10.8 Å². The number of carbonyl (C=O) groups is 2. The average molecular weight is 401 g/mol. The van der Waals surface area contributed by atoms with E-state index in [2.05, 4.69) is 29.6 Å². The SMILES string of the molecule is O=C(C1CCN[C@@H]1C(O)=S)[C@@H]1CCCN1C(=O)CCC1Cc2ccccc2C1. The minimum atomic E-state index is -0.447. The molecule has 2 saturated heterocycles. The van der Waals surface area contributed by atoms with Crippen LogP contribution in [0.4, 0.5) is 0 Å². The second-order valence-electron chi connectivity index (χ2n) is 8.39. The van der Waals surface area contributed by atoms with Gasteiger partial charge in [-0.3, -0.25) is 9.59 Å². The van der Waals surface area contributed by atoms with Crippen molar-refractivity contribution in [2.75, 3.05) is 13.1 Å². The fraction of sp³-hybridized carbons (Fsp3) is 0.591. The molecule has 0 saturated carbocycles. The smallest absolute Gasteiger partial charge is 0.223 e. The van der Waals surface area contributed by atoms with Gasteiger partial charge in [-0.15, -0.1) is 0 Å². The van der Waals surface area contributed by atoms with Gasteiger partial charge in [-0.25, -0.2) is 0 Å². The highest BCUT2D eigenvalue weighted by Crippen LogP contribution is 2.31. The summed E-state index contributed by atoms with van der Waals surface area (Å²) < 4.78 is 0. The number of aliphatic hydroxyl groups is 1. The summed E-state index contributed by atoms with van der Waals surface area (Å²) in [5.41, 5.74) is 2.82. The van der Waals surface area contributed by atoms with E-state index in [1.54, 1.807) is 4.90 Å². The number of thiocarbonyl (C=S) groups is 1. The number of carbonyl (C=O) groups excluding carboxylic acids is 2. The zero-order valence-electron chi connectivity index (χ0n) is 16.1. The number of hydrogen-bond acceptors (Lipinski definition) is 4. The summed E-state index contributed by atoms with van der Waals surface area (Å²) in [7, 11) is 0. The molecule has 2 heterocycles. The number of benzene rings is 1. The fourth-order valence-corrected chi connectivity index (χ4v) is 5.45. The van der Waals surface area contributed by atoms with Gasteiger partial charge >= 0.3 is 0 Å². The maximum absolute atomic E-state index is 13.1. The van der Waals surface area contributed by atoms with Crippen molar-refractivity contribution in [3.05, 3.63) is 35.4 Å². The predicted molar refractivity (Wildman–Crippen MR) is 111 cm³/mol. The largest absolute Gasteiger partial charge is 0.501 e. The van der Waals surface area contributed by atoms with Gasteiger partial charge in [-0.2, -0.15) is 0 Å². The molecule has 2 N–H and O–H groups in total. The second kappa shape index (κ2) is 8.29. The molecule has 1 aliphatic carbocycles. The van der Waals surface area contributed by atoms with Crippen LogP contribution in [-0.2, 0) is 22.4 Å². The highest BCUT2D eigenvalue weighted by molar-refractivity contribution is 7.80. The number of aliphatic hydroxyl groups excluding tert-OH is 1. The molecule has 1 aromatic carbocycles. The third-order valence-electron chi connectivity index (χ3n) is 6.66. The molecule has 1 amide bonds. The summed E-state index contributed by atoms with van der Waals surface area (Å²) in [6.45, 7) is 1.33. The van der Waals surface area contributed by atoms with Crippen LogP contribution in [0.15, 0.2) is 24.3 Å². The highest BCUT2D eigenvalue weighted by Gasteiger charge is 2.43. The van der Waals surface area contributed by atoms with Gasteiger partial charge < -0.3 is 15.3 Å². The number of nitrogens with zero attached hydrogens (tertiary/aromatic N) is 1. The van der Waals surface area contributed by atoms with E-state index >= 15 is 0 Å². The minimum Gasteiger partial charge on any atom is -0.501 e. The number of amides is 1. The Balaban J connectivity index is 1.34. The van der Waals surface area contributed by atoms with Crippen LogP contribution >= 0.6 is 12.2 Å². The number of Topliss-reactive ketones (excluding diaryl/α,β-unsaturated/α-hetero) is 1. The zero-order chi connectivity index (χ0) is 19.7. The lowest BCUT2D eigenvalue weighted by Gasteiger charge is -2.27. The lowest BCUT2D eigenvalue weighted by molar-refractivity contribution is -0.139. The van der Waals surface area contributed by atoms with Crippen LogP contribution in [0.2, 0.25) is 0 Å². The van der Waals surface area contributed by atoms with Gasteiger partial charge in [0.25, 0.3) is 0 Å². The normalized spacial score (nSPS) is 27.1. The first-order chi connectivity index (χ1) is 13.5. The third kappa shape index (κ3) is 3.85. The van der Waals surface area contributed by atoms with Crippen molar-refractivity contribution >= 4 is 29.0 Å². The predicted octanol–water partition coefficient (Wildman–Crippen LogP) is 2.61. The van der Waals surface area contributed by atoms with Crippen molar-refractivity contribution in [3.8, 4) is 0 Å². The van der Waals surface area contributed by atoms with Crippen LogP contribution in [-0.4, -0.2) is 51.9 Å². The third-order valence-corrected chi connectivity index (χ3v) is 6.91. The van der Waals surface area contributed by atoms with Crippen LogP contribution < -0.4 is 5.32 Å². The first-order valence-electron chi connectivity index (χ1n) is 10.4. The molecular weight excluding hydrogens is 372 g/mol. The quantitative estimate of drug-likeness (QED) is 0.719. The summed E-state index contributed by atoms with van der Waals surface area (Å²) in [6.07, 6.45) is 5.74. The van der Waals surface area contributed by atoms with Gasteiger partial charge in [0, 0.05) is 18.9 Å². The van der Waals surface area contributed by atoms with Gasteiger partial charge in [0.2, 0.25) is 5.91 Å². The molecule has 2 fully saturated rings. The van der Waals surface area contributed by atoms with Gasteiger partial charge in [0.05, 0.1) is 12.1 Å². The highest BCUT2D eigenvalue weighted by atomic mass is 32.1. The Hall–Kier alpha value is -1.79. The minimum absolute atomic E-state index is 0.0607. The molecule has 0 spiro atoms. The van der Waals surface area contributed by atoms with E-state index in [4.69, 9.17) is 12.2 Å². The lowest BCUT2D eigenvalue weighted by Crippen LogP contribution is -2.47. The molecule has 1 aromatic rings. The molecule has 2 aliphatic heterocycles. The molecule has 0 aromatic heterocycles. The summed E-state index contributed by atoms with van der Waals surface area (Å²) in [4.78, 5) is 27.8. The Kier molecular flexibility index (Phi) is 5.78. The molecule has 6 heteroatoms. The number of ketones is 1. The Morgan fingerprint density at radius 1 is 1.18 bits per heavy atom. The van der Waals surface area contributed by atoms with E-state index < -0.39 is 6.04 Å². The van der Waals surface area contributed by atoms with Crippen molar-refractivity contribution in [2.24, 2.45) is 11.8 Å². The number of nitrogens with one attached hydrogen (secondary N) is 1. The molecule has 4 rings (SSSR count). The maximum atomic E-state index is 13.1. The second-order valence-corrected chi connectivity index (χ2v) is 8.81. The van der Waals surface area contributed by atoms with Crippen LogP contribution in [0.25, 0.3) is 0 Å². The standard InChI is InChI=1S/C22H28N2O3S/c25-19(8-7-14-12-15-4-1-2-5-16(15)13-14)24-11-3-6-18(24)21(26)17-9-10-23-20(17)22(27)28/h1-2,4-5,14,17-18,20,23H,3,6-13H2,(H,27,28)/t17?,18-,20-/m0/s1. The maximum Gasteiger partial charge on any atom is 0.223 e. The fourth-order valence-electron chi connectivity index (χ4n) is 5.20. The van der Waals surface area contributed by atoms with Gasteiger partial charge in [-0.1, -0.05) is 24.3 Å². The van der Waals surface area contributed by atoms with Gasteiger partial charge in [-0.05, 0) is 74.3 Å². The molecule has 1 unspecified atom stereocenters. The summed E-state index contributed by atoms with van der Waals surface area (Å²) >= 11 is 4.90. The van der Waals surface area contributed by atoms with Crippen molar-refractivity contribution in [1.82, 2.24) is 10.2 Å². The molecule has 3 atom stereocenters. The molecule has 5 nitrogen and oxygen atoms in total. The molecule has 0 bridgehead atoms. The van der Waals surface area contributed by atoms with E-state index in [9.17, 15) is 14.7 Å². The Labute approximate surface area is 171 Å². The summed E-state index contributed by atoms with van der Waals surface area (Å²) in [6, 6.07) is 7.73. The van der Waals surface area contributed by atoms with E-state index in [0.717, 1.165) is 32.1 Å². The zero-order valence-corrected chi connectivity index (χ0v) is 16.9. The number of rotatable bonds is 6. The molecule has 0 radical (unpaired) electrons. The van der Waals surface area contributed by atoms with E-state index in [-0.39, 0.29) is 28.7 Å². The molecule has 28 heavy (non-hydrogen) atoms. The van der Waals surface area contributed by atoms with Crippen LogP contribution in [0.1, 0.15) is 43.2 Å². The van der Waals surface area contributed by atoms with Crippen molar-refractivity contribution in [1.29, 1.82) is 0 Å². The van der Waals surface area contributed by atoms with Crippen molar-refractivity contribution in [2.45, 2.75) is 57.0 Å². The Bertz CT molecular complexity index is 756. The first-order valence-corrected chi connectivity index (χ1v) is 10.8. The monoisotopic (exact) mass is 400 g/mol. The topological polar surface area (TPSA) is 69.6 Å². The average Bonchev–Trinajstić information content (AvgIpc) is 3.43. The first kappa shape index (κ1) is 19.5. The van der Waals surface area contributed by atoms with E-state index in [1.807, 2.05) is 0 Å². The molecular formula is C22H28N2O3S. The Morgan fingerprint density at radius 3 is 2.57 bits per heavy atom. The van der Waals surface area contributed by atoms with E-state index in [1.165, 1.54) is 11.1 Å². The number of fused-ring (bicyclic) bond motifs is 1. The van der Waals surface area contributed by atoms with Crippen LogP contribution in [0, 0.1) is 11.8 Å². The van der Waals surface area contributed by atoms with Crippen LogP contribution in [0.3, 0.4) is 0 Å². The van der Waals surface area contributed by atoms with Crippen molar-refractivity contribution < 1.29 is 14.7 Å². The van der Waals surface area contributed by atoms with Crippen LogP contribution in [0.5, 0.6) is 0 Å². The number of likely N-dealkylation sites (tertiary alicyclic amines) is 1. The summed E-state index contributed by atoms with van der Waals surface area (Å²) in [5.74, 6) is 0.361. The van der Waals surface area contributed by atoms with Gasteiger partial charge in [0.1, 0.15) is 0 Å². The summed E-state index contributed by atoms with van der Waals surface area (Å²) in [5, 5.41) is 12.7. The molecule has 150 valence electrons. The number of hydrogen-bond donors (Lipinski definition) is 2. The Morgan fingerprint density at radius 2 is 1.89 bits per heavy atom. The molecule has 3 aliphatic rings.